The molecule has 0 spiro atoms. The van der Waals surface area contributed by atoms with Crippen molar-refractivity contribution in [3.8, 4) is 0 Å². The zero-order valence-electron chi connectivity index (χ0n) is 12.7. The van der Waals surface area contributed by atoms with Gasteiger partial charge in [-0.25, -0.2) is 0 Å². The third-order valence-electron chi connectivity index (χ3n) is 4.75. The summed E-state index contributed by atoms with van der Waals surface area (Å²) in [6.07, 6.45) is 9.49. The summed E-state index contributed by atoms with van der Waals surface area (Å²) < 4.78 is 0. The average molecular weight is 278 g/mol. The van der Waals surface area contributed by atoms with Crippen LogP contribution in [0.3, 0.4) is 0 Å². The Morgan fingerprint density at radius 1 is 1.30 bits per heavy atom. The summed E-state index contributed by atoms with van der Waals surface area (Å²) >= 11 is 0. The molecule has 0 aromatic carbocycles. The molecule has 0 saturated carbocycles. The van der Waals surface area contributed by atoms with Gasteiger partial charge in [-0.1, -0.05) is 26.0 Å². The second-order valence-corrected chi connectivity index (χ2v) is 5.99. The van der Waals surface area contributed by atoms with Crippen LogP contribution in [0, 0.1) is 5.92 Å². The predicted molar refractivity (Wildman–Crippen MR) is 79.1 cm³/mol. The van der Waals surface area contributed by atoms with Crippen molar-refractivity contribution in [3.63, 3.8) is 0 Å². The molecule has 0 radical (unpaired) electrons. The molecule has 1 aliphatic heterocycles. The molecule has 1 aliphatic carbocycles. The summed E-state index contributed by atoms with van der Waals surface area (Å²) in [6.45, 7) is 5.32. The van der Waals surface area contributed by atoms with E-state index < -0.39 is 5.54 Å². The second-order valence-electron chi connectivity index (χ2n) is 5.99. The van der Waals surface area contributed by atoms with E-state index in [2.05, 4.69) is 17.5 Å². The number of nitrogens with zero attached hydrogens (tertiary/aromatic N) is 1. The van der Waals surface area contributed by atoms with E-state index in [0.29, 0.717) is 31.7 Å². The normalized spacial score (nSPS) is 26.3. The molecule has 1 heterocycles. The fourth-order valence-corrected chi connectivity index (χ4v) is 3.26. The zero-order valence-corrected chi connectivity index (χ0v) is 12.7. The molecule has 4 heteroatoms. The van der Waals surface area contributed by atoms with Gasteiger partial charge >= 0.3 is 0 Å². The van der Waals surface area contributed by atoms with Gasteiger partial charge in [0, 0.05) is 19.5 Å². The van der Waals surface area contributed by atoms with Gasteiger partial charge in [-0.15, -0.1) is 0 Å². The van der Waals surface area contributed by atoms with Crippen molar-refractivity contribution < 1.29 is 9.59 Å². The summed E-state index contributed by atoms with van der Waals surface area (Å²) in [7, 11) is 0. The Morgan fingerprint density at radius 2 is 2.05 bits per heavy atom. The standard InChI is InChI=1S/C16H26N2O2/c1-3-16(4-2)15(20)18(11-10-14(19)17-16)12-13-8-6-5-7-9-13/h5-6,13H,3-4,7-12H2,1-2H3,(H,17,19). The van der Waals surface area contributed by atoms with E-state index in [0.717, 1.165) is 25.8 Å². The summed E-state index contributed by atoms with van der Waals surface area (Å²) in [5.74, 6) is 0.666. The molecule has 1 N–H and O–H groups in total. The lowest BCUT2D eigenvalue weighted by Gasteiger charge is -2.35. The van der Waals surface area contributed by atoms with Crippen LogP contribution < -0.4 is 5.32 Å². The molecule has 1 atom stereocenters. The van der Waals surface area contributed by atoms with Crippen molar-refractivity contribution in [2.75, 3.05) is 13.1 Å². The van der Waals surface area contributed by atoms with Crippen LogP contribution in [0.5, 0.6) is 0 Å². The molecule has 2 amide bonds. The Bertz CT molecular complexity index is 399. The van der Waals surface area contributed by atoms with Gasteiger partial charge in [0.2, 0.25) is 11.8 Å². The van der Waals surface area contributed by atoms with Gasteiger partial charge in [-0.2, -0.15) is 0 Å². The average Bonchev–Trinajstić information content (AvgIpc) is 2.60. The molecular formula is C16H26N2O2. The van der Waals surface area contributed by atoms with E-state index in [-0.39, 0.29) is 11.8 Å². The Balaban J connectivity index is 2.12. The van der Waals surface area contributed by atoms with Gasteiger partial charge in [-0.3, -0.25) is 9.59 Å². The highest BCUT2D eigenvalue weighted by Gasteiger charge is 2.42. The van der Waals surface area contributed by atoms with Crippen LogP contribution >= 0.6 is 0 Å². The molecule has 0 aromatic heterocycles. The number of rotatable bonds is 4. The van der Waals surface area contributed by atoms with Crippen LogP contribution in [0.1, 0.15) is 52.4 Å². The van der Waals surface area contributed by atoms with E-state index in [1.165, 1.54) is 0 Å². The Hall–Kier alpha value is -1.32. The fraction of sp³-hybridized carbons (Fsp3) is 0.750. The van der Waals surface area contributed by atoms with Gasteiger partial charge in [0.05, 0.1) is 0 Å². The number of carbonyl (C=O) groups is 2. The summed E-state index contributed by atoms with van der Waals surface area (Å²) in [5.41, 5.74) is -0.682. The lowest BCUT2D eigenvalue weighted by Crippen LogP contribution is -2.57. The van der Waals surface area contributed by atoms with Gasteiger partial charge in [-0.05, 0) is 38.0 Å². The van der Waals surface area contributed by atoms with E-state index in [4.69, 9.17) is 0 Å². The quantitative estimate of drug-likeness (QED) is 0.802. The number of carbonyl (C=O) groups excluding carboxylic acids is 2. The van der Waals surface area contributed by atoms with Gasteiger partial charge in [0.25, 0.3) is 0 Å². The van der Waals surface area contributed by atoms with E-state index in [1.807, 2.05) is 18.7 Å². The Labute approximate surface area is 121 Å². The molecule has 2 rings (SSSR count). The monoisotopic (exact) mass is 278 g/mol. The lowest BCUT2D eigenvalue weighted by atomic mass is 9.89. The van der Waals surface area contributed by atoms with Crippen molar-refractivity contribution in [1.82, 2.24) is 10.2 Å². The largest absolute Gasteiger partial charge is 0.342 e. The van der Waals surface area contributed by atoms with Crippen LogP contribution in [-0.4, -0.2) is 35.3 Å². The second kappa shape index (κ2) is 6.42. The molecule has 112 valence electrons. The summed E-state index contributed by atoms with van der Waals surface area (Å²) in [6, 6.07) is 0. The zero-order chi connectivity index (χ0) is 14.6. The Morgan fingerprint density at radius 3 is 2.65 bits per heavy atom. The number of allylic oxidation sites excluding steroid dienone is 2. The number of nitrogens with one attached hydrogen (secondary N) is 1. The fourth-order valence-electron chi connectivity index (χ4n) is 3.26. The topological polar surface area (TPSA) is 49.4 Å². The molecule has 1 fully saturated rings. The third-order valence-corrected chi connectivity index (χ3v) is 4.75. The maximum Gasteiger partial charge on any atom is 0.248 e. The highest BCUT2D eigenvalue weighted by molar-refractivity contribution is 5.93. The van der Waals surface area contributed by atoms with Crippen LogP contribution in [-0.2, 0) is 9.59 Å². The molecular weight excluding hydrogens is 252 g/mol. The van der Waals surface area contributed by atoms with Crippen molar-refractivity contribution in [1.29, 1.82) is 0 Å². The van der Waals surface area contributed by atoms with Crippen LogP contribution in [0.4, 0.5) is 0 Å². The maximum atomic E-state index is 12.8. The van der Waals surface area contributed by atoms with E-state index in [9.17, 15) is 9.59 Å². The van der Waals surface area contributed by atoms with Crippen molar-refractivity contribution in [2.45, 2.75) is 57.9 Å². The van der Waals surface area contributed by atoms with Crippen molar-refractivity contribution in [3.05, 3.63) is 12.2 Å². The minimum absolute atomic E-state index is 0.00749. The number of hydrogen-bond donors (Lipinski definition) is 1. The van der Waals surface area contributed by atoms with E-state index >= 15 is 0 Å². The van der Waals surface area contributed by atoms with Gasteiger partial charge < -0.3 is 10.2 Å². The third kappa shape index (κ3) is 3.05. The first-order valence-corrected chi connectivity index (χ1v) is 7.86. The summed E-state index contributed by atoms with van der Waals surface area (Å²) in [5, 5.41) is 2.96. The number of amides is 2. The molecule has 1 unspecified atom stereocenters. The van der Waals surface area contributed by atoms with E-state index in [1.54, 1.807) is 0 Å². The highest BCUT2D eigenvalue weighted by Crippen LogP contribution is 2.25. The lowest BCUT2D eigenvalue weighted by molar-refractivity contribution is -0.139. The molecule has 1 saturated heterocycles. The van der Waals surface area contributed by atoms with Crippen molar-refractivity contribution in [2.24, 2.45) is 5.92 Å². The minimum Gasteiger partial charge on any atom is -0.342 e. The smallest absolute Gasteiger partial charge is 0.248 e. The first-order chi connectivity index (χ1) is 9.61. The molecule has 2 aliphatic rings. The maximum absolute atomic E-state index is 12.8. The molecule has 0 bridgehead atoms. The SMILES string of the molecule is CCC1(CC)NC(=O)CCN(CC2CC=CCC2)C1=O. The highest BCUT2D eigenvalue weighted by atomic mass is 16.2. The van der Waals surface area contributed by atoms with Crippen LogP contribution in [0.25, 0.3) is 0 Å². The minimum atomic E-state index is -0.682. The Kier molecular flexibility index (Phi) is 4.84. The molecule has 4 nitrogen and oxygen atoms in total. The first kappa shape index (κ1) is 15.1. The predicted octanol–water partition coefficient (Wildman–Crippen LogP) is 2.25. The van der Waals surface area contributed by atoms with Gasteiger partial charge in [0.1, 0.15) is 5.54 Å². The summed E-state index contributed by atoms with van der Waals surface area (Å²) in [4.78, 5) is 26.7. The van der Waals surface area contributed by atoms with Crippen LogP contribution in [0.15, 0.2) is 12.2 Å². The number of hydrogen-bond acceptors (Lipinski definition) is 2. The van der Waals surface area contributed by atoms with Gasteiger partial charge in [0.15, 0.2) is 0 Å². The first-order valence-electron chi connectivity index (χ1n) is 7.86. The van der Waals surface area contributed by atoms with Crippen LogP contribution in [0.2, 0.25) is 0 Å². The molecule has 0 aromatic rings. The van der Waals surface area contributed by atoms with Crippen molar-refractivity contribution >= 4 is 11.8 Å². The molecule has 20 heavy (non-hydrogen) atoms.